The van der Waals surface area contributed by atoms with Gasteiger partial charge in [-0.1, -0.05) is 26.0 Å². The van der Waals surface area contributed by atoms with Crippen LogP contribution >= 0.6 is 0 Å². The average Bonchev–Trinajstić information content (AvgIpc) is 1.85. The van der Waals surface area contributed by atoms with Crippen LogP contribution in [0.25, 0.3) is 0 Å². The number of rotatable bonds is 5. The lowest BCUT2D eigenvalue weighted by atomic mass is 10.2. The zero-order valence-electron chi connectivity index (χ0n) is 8.13. The van der Waals surface area contributed by atoms with E-state index in [2.05, 4.69) is 39.8 Å². The molecule has 66 valence electrons. The summed E-state index contributed by atoms with van der Waals surface area (Å²) in [5.41, 5.74) is 0. The molecule has 0 amide bonds. The van der Waals surface area contributed by atoms with E-state index in [4.69, 9.17) is 4.74 Å². The fourth-order valence-corrected chi connectivity index (χ4v) is 0.740. The molecular weight excluding hydrogens is 136 g/mol. The van der Waals surface area contributed by atoms with Gasteiger partial charge < -0.3 is 4.74 Å². The van der Waals surface area contributed by atoms with Crippen molar-refractivity contribution in [3.05, 3.63) is 12.2 Å². The van der Waals surface area contributed by atoms with Gasteiger partial charge in [0.25, 0.3) is 0 Å². The molecule has 0 bridgehead atoms. The first-order valence-corrected chi connectivity index (χ1v) is 4.41. The van der Waals surface area contributed by atoms with E-state index >= 15 is 0 Å². The zero-order valence-corrected chi connectivity index (χ0v) is 8.13. The monoisotopic (exact) mass is 156 g/mol. The third-order valence-electron chi connectivity index (χ3n) is 1.26. The quantitative estimate of drug-likeness (QED) is 0.439. The second-order valence-electron chi connectivity index (χ2n) is 3.38. The molecule has 0 rings (SSSR count). The Morgan fingerprint density at radius 1 is 1.18 bits per heavy atom. The van der Waals surface area contributed by atoms with Crippen molar-refractivity contribution in [1.29, 1.82) is 0 Å². The van der Waals surface area contributed by atoms with Crippen molar-refractivity contribution in [3.63, 3.8) is 0 Å². The molecule has 0 aliphatic heterocycles. The van der Waals surface area contributed by atoms with Gasteiger partial charge in [0.15, 0.2) is 0 Å². The highest BCUT2D eigenvalue weighted by Crippen LogP contribution is 1.96. The van der Waals surface area contributed by atoms with Gasteiger partial charge >= 0.3 is 0 Å². The summed E-state index contributed by atoms with van der Waals surface area (Å²) in [5.74, 6) is 0.661. The Hall–Kier alpha value is -0.300. The van der Waals surface area contributed by atoms with Gasteiger partial charge in [-0.15, -0.1) is 0 Å². The van der Waals surface area contributed by atoms with Crippen molar-refractivity contribution in [3.8, 4) is 0 Å². The van der Waals surface area contributed by atoms with E-state index in [-0.39, 0.29) is 0 Å². The minimum atomic E-state index is 0.363. The predicted molar refractivity (Wildman–Crippen MR) is 49.7 cm³/mol. The van der Waals surface area contributed by atoms with E-state index in [1.54, 1.807) is 0 Å². The maximum absolute atomic E-state index is 5.37. The molecule has 0 saturated heterocycles. The van der Waals surface area contributed by atoms with E-state index in [9.17, 15) is 0 Å². The standard InChI is InChI=1S/C10H20O/c1-9(2)7-5-6-8-11-10(3)4/h5,7,9-10H,6,8H2,1-4H3. The Kier molecular flexibility index (Phi) is 6.24. The lowest BCUT2D eigenvalue weighted by molar-refractivity contribution is 0.0825. The normalized spacial score (nSPS) is 12.2. The van der Waals surface area contributed by atoms with Crippen molar-refractivity contribution in [2.45, 2.75) is 40.2 Å². The van der Waals surface area contributed by atoms with Gasteiger partial charge in [0, 0.05) is 0 Å². The number of hydrogen-bond acceptors (Lipinski definition) is 1. The van der Waals surface area contributed by atoms with E-state index < -0.39 is 0 Å². The minimum absolute atomic E-state index is 0.363. The van der Waals surface area contributed by atoms with Gasteiger partial charge in [0.2, 0.25) is 0 Å². The molecule has 0 heterocycles. The first-order chi connectivity index (χ1) is 5.13. The molecule has 11 heavy (non-hydrogen) atoms. The van der Waals surface area contributed by atoms with Gasteiger partial charge in [0.05, 0.1) is 12.7 Å². The Morgan fingerprint density at radius 3 is 2.27 bits per heavy atom. The van der Waals surface area contributed by atoms with Gasteiger partial charge in [-0.2, -0.15) is 0 Å². The number of allylic oxidation sites excluding steroid dienone is 1. The highest BCUT2D eigenvalue weighted by molar-refractivity contribution is 4.83. The molecule has 1 heteroatoms. The summed E-state index contributed by atoms with van der Waals surface area (Å²) in [5, 5.41) is 0. The van der Waals surface area contributed by atoms with Gasteiger partial charge in [-0.3, -0.25) is 0 Å². The molecule has 0 aliphatic carbocycles. The molecule has 0 aromatic rings. The molecule has 0 fully saturated rings. The van der Waals surface area contributed by atoms with Gasteiger partial charge in [0.1, 0.15) is 0 Å². The summed E-state index contributed by atoms with van der Waals surface area (Å²) in [6.07, 6.45) is 5.80. The van der Waals surface area contributed by atoms with Crippen LogP contribution in [0.15, 0.2) is 12.2 Å². The second kappa shape index (κ2) is 6.41. The van der Waals surface area contributed by atoms with Crippen LogP contribution in [0.3, 0.4) is 0 Å². The Bertz CT molecular complexity index is 103. The van der Waals surface area contributed by atoms with Crippen LogP contribution in [0.2, 0.25) is 0 Å². The maximum atomic E-state index is 5.37. The van der Waals surface area contributed by atoms with E-state index in [0.717, 1.165) is 13.0 Å². The van der Waals surface area contributed by atoms with Crippen LogP contribution in [0.4, 0.5) is 0 Å². The maximum Gasteiger partial charge on any atom is 0.0519 e. The fourth-order valence-electron chi connectivity index (χ4n) is 0.740. The highest BCUT2D eigenvalue weighted by Gasteiger charge is 1.89. The van der Waals surface area contributed by atoms with Crippen LogP contribution in [-0.4, -0.2) is 12.7 Å². The summed E-state index contributed by atoms with van der Waals surface area (Å²) in [6, 6.07) is 0. The Balaban J connectivity index is 3.14. The van der Waals surface area contributed by atoms with E-state index in [0.29, 0.717) is 12.0 Å². The molecule has 0 aromatic carbocycles. The van der Waals surface area contributed by atoms with Crippen molar-refractivity contribution in [2.24, 2.45) is 5.92 Å². The molecule has 0 radical (unpaired) electrons. The van der Waals surface area contributed by atoms with Crippen LogP contribution in [0.5, 0.6) is 0 Å². The summed E-state index contributed by atoms with van der Waals surface area (Å²) < 4.78 is 5.37. The van der Waals surface area contributed by atoms with Crippen molar-refractivity contribution in [1.82, 2.24) is 0 Å². The topological polar surface area (TPSA) is 9.23 Å². The largest absolute Gasteiger partial charge is 0.378 e. The van der Waals surface area contributed by atoms with Crippen molar-refractivity contribution < 1.29 is 4.74 Å². The van der Waals surface area contributed by atoms with Crippen LogP contribution in [0, 0.1) is 5.92 Å². The van der Waals surface area contributed by atoms with Crippen LogP contribution in [-0.2, 0) is 4.74 Å². The number of ether oxygens (including phenoxy) is 1. The molecule has 0 spiro atoms. The summed E-state index contributed by atoms with van der Waals surface area (Å²) in [4.78, 5) is 0. The molecule has 0 unspecified atom stereocenters. The summed E-state index contributed by atoms with van der Waals surface area (Å²) in [6.45, 7) is 9.33. The third-order valence-corrected chi connectivity index (χ3v) is 1.26. The second-order valence-corrected chi connectivity index (χ2v) is 3.38. The minimum Gasteiger partial charge on any atom is -0.378 e. The predicted octanol–water partition coefficient (Wildman–Crippen LogP) is 3.01. The Morgan fingerprint density at radius 2 is 1.82 bits per heavy atom. The fraction of sp³-hybridized carbons (Fsp3) is 0.800. The van der Waals surface area contributed by atoms with Gasteiger partial charge in [-0.05, 0) is 26.2 Å². The smallest absolute Gasteiger partial charge is 0.0519 e. The molecular formula is C10H20O. The van der Waals surface area contributed by atoms with Crippen LogP contribution < -0.4 is 0 Å². The van der Waals surface area contributed by atoms with Crippen molar-refractivity contribution in [2.75, 3.05) is 6.61 Å². The molecule has 0 N–H and O–H groups in total. The highest BCUT2D eigenvalue weighted by atomic mass is 16.5. The molecule has 0 saturated carbocycles. The molecule has 1 nitrogen and oxygen atoms in total. The van der Waals surface area contributed by atoms with E-state index in [1.165, 1.54) is 0 Å². The zero-order chi connectivity index (χ0) is 8.69. The molecule has 0 atom stereocenters. The lowest BCUT2D eigenvalue weighted by Crippen LogP contribution is -2.02. The molecule has 0 aromatic heterocycles. The lowest BCUT2D eigenvalue weighted by Gasteiger charge is -2.04. The van der Waals surface area contributed by atoms with E-state index in [1.807, 2.05) is 0 Å². The first-order valence-electron chi connectivity index (χ1n) is 4.41. The van der Waals surface area contributed by atoms with Crippen molar-refractivity contribution >= 4 is 0 Å². The average molecular weight is 156 g/mol. The number of hydrogen-bond donors (Lipinski definition) is 0. The van der Waals surface area contributed by atoms with Crippen LogP contribution in [0.1, 0.15) is 34.1 Å². The summed E-state index contributed by atoms with van der Waals surface area (Å²) >= 11 is 0. The summed E-state index contributed by atoms with van der Waals surface area (Å²) in [7, 11) is 0. The third kappa shape index (κ3) is 9.70. The first kappa shape index (κ1) is 10.7. The van der Waals surface area contributed by atoms with Gasteiger partial charge in [-0.25, -0.2) is 0 Å². The molecule has 0 aliphatic rings. The Labute approximate surface area is 70.4 Å². The SMILES string of the molecule is CC(C)C=CCCOC(C)C.